The maximum atomic E-state index is 12.5. The molecule has 0 aromatic heterocycles. The number of nitrogens with zero attached hydrogens (tertiary/aromatic N) is 3. The average Bonchev–Trinajstić information content (AvgIpc) is 3.22. The molecule has 0 aromatic rings. The lowest BCUT2D eigenvalue weighted by Crippen LogP contribution is -2.32. The monoisotopic (exact) mass is 431 g/mol. The molecule has 0 amide bonds. The SMILES string of the molecule is CCCCCCCCCCCCN1CCN(C)C1=NP(=O)(O)OC1CCOC1C. The number of ether oxygens (including phenoxy) is 1. The highest BCUT2D eigenvalue weighted by Crippen LogP contribution is 2.47. The summed E-state index contributed by atoms with van der Waals surface area (Å²) in [4.78, 5) is 14.3. The first-order valence-corrected chi connectivity index (χ1v) is 13.1. The van der Waals surface area contributed by atoms with Gasteiger partial charge >= 0.3 is 7.75 Å². The highest BCUT2D eigenvalue weighted by Gasteiger charge is 2.35. The first kappa shape index (κ1) is 24.6. The Hall–Kier alpha value is -0.620. The van der Waals surface area contributed by atoms with Crippen LogP contribution in [0.4, 0.5) is 0 Å². The van der Waals surface area contributed by atoms with Gasteiger partial charge in [-0.15, -0.1) is 4.76 Å². The largest absolute Gasteiger partial charge is 0.454 e. The van der Waals surface area contributed by atoms with E-state index in [1.54, 1.807) is 0 Å². The molecule has 0 spiro atoms. The molecule has 8 heteroatoms. The van der Waals surface area contributed by atoms with Gasteiger partial charge in [0.1, 0.15) is 0 Å². The van der Waals surface area contributed by atoms with Crippen LogP contribution in [-0.2, 0) is 13.8 Å². The topological polar surface area (TPSA) is 74.6 Å². The molecule has 2 rings (SSSR count). The molecule has 170 valence electrons. The molecule has 3 atom stereocenters. The van der Waals surface area contributed by atoms with E-state index in [2.05, 4.69) is 16.6 Å². The molecule has 2 heterocycles. The standard InChI is InChI=1S/C21H42N3O4P/c1-4-5-6-7-8-9-10-11-12-13-15-24-17-16-23(3)21(24)22-29(25,26)28-20-14-18-27-19(20)2/h19-20H,4-18H2,1-3H3,(H,25,26). The van der Waals surface area contributed by atoms with Gasteiger partial charge in [0.15, 0.2) is 0 Å². The zero-order valence-corrected chi connectivity index (χ0v) is 19.6. The Morgan fingerprint density at radius 3 is 2.31 bits per heavy atom. The van der Waals surface area contributed by atoms with Crippen LogP contribution in [0.15, 0.2) is 4.76 Å². The summed E-state index contributed by atoms with van der Waals surface area (Å²) in [6.07, 6.45) is 13.1. The van der Waals surface area contributed by atoms with E-state index in [9.17, 15) is 9.46 Å². The third-order valence-corrected chi connectivity index (χ3v) is 6.88. The number of hydrogen-bond donors (Lipinski definition) is 1. The van der Waals surface area contributed by atoms with Crippen LogP contribution in [0.25, 0.3) is 0 Å². The van der Waals surface area contributed by atoms with Gasteiger partial charge in [-0.2, -0.15) is 0 Å². The van der Waals surface area contributed by atoms with Gasteiger partial charge in [0.05, 0.1) is 12.2 Å². The fourth-order valence-electron chi connectivity index (χ4n) is 4.02. The lowest BCUT2D eigenvalue weighted by molar-refractivity contribution is 0.0616. The van der Waals surface area contributed by atoms with Crippen LogP contribution in [0.3, 0.4) is 0 Å². The van der Waals surface area contributed by atoms with E-state index in [1.807, 2.05) is 18.9 Å². The number of unbranched alkanes of at least 4 members (excludes halogenated alkanes) is 9. The second kappa shape index (κ2) is 12.9. The predicted molar refractivity (Wildman–Crippen MR) is 118 cm³/mol. The van der Waals surface area contributed by atoms with Crippen molar-refractivity contribution in [3.05, 3.63) is 0 Å². The molecular formula is C21H42N3O4P. The second-order valence-electron chi connectivity index (χ2n) is 8.49. The maximum absolute atomic E-state index is 12.5. The van der Waals surface area contributed by atoms with Gasteiger partial charge in [-0.3, -0.25) is 4.52 Å². The third kappa shape index (κ3) is 8.95. The third-order valence-electron chi connectivity index (χ3n) is 5.91. The van der Waals surface area contributed by atoms with E-state index in [0.29, 0.717) is 19.0 Å². The first-order valence-electron chi connectivity index (χ1n) is 11.6. The van der Waals surface area contributed by atoms with Crippen molar-refractivity contribution in [3.8, 4) is 0 Å². The summed E-state index contributed by atoms with van der Waals surface area (Å²) in [5.74, 6) is 0.582. The quantitative estimate of drug-likeness (QED) is 0.314. The van der Waals surface area contributed by atoms with Gasteiger partial charge in [0.2, 0.25) is 5.96 Å². The molecular weight excluding hydrogens is 389 g/mol. The van der Waals surface area contributed by atoms with Crippen LogP contribution < -0.4 is 0 Å². The molecule has 29 heavy (non-hydrogen) atoms. The van der Waals surface area contributed by atoms with Crippen molar-refractivity contribution in [2.75, 3.05) is 33.3 Å². The lowest BCUT2D eigenvalue weighted by atomic mass is 10.1. The normalized spacial score (nSPS) is 25.9. The molecule has 7 nitrogen and oxygen atoms in total. The van der Waals surface area contributed by atoms with Crippen LogP contribution in [0.5, 0.6) is 0 Å². The summed E-state index contributed by atoms with van der Waals surface area (Å²) >= 11 is 0. The van der Waals surface area contributed by atoms with Crippen LogP contribution in [0.2, 0.25) is 0 Å². The molecule has 0 aromatic carbocycles. The Morgan fingerprint density at radius 2 is 1.72 bits per heavy atom. The van der Waals surface area contributed by atoms with Crippen LogP contribution in [0.1, 0.15) is 84.5 Å². The molecule has 0 aliphatic carbocycles. The lowest BCUT2D eigenvalue weighted by Gasteiger charge is -2.23. The molecule has 0 bridgehead atoms. The highest BCUT2D eigenvalue weighted by molar-refractivity contribution is 7.51. The number of guanidine groups is 1. The predicted octanol–water partition coefficient (Wildman–Crippen LogP) is 4.81. The fourth-order valence-corrected chi connectivity index (χ4v) is 5.20. The van der Waals surface area contributed by atoms with Crippen molar-refractivity contribution in [1.29, 1.82) is 0 Å². The van der Waals surface area contributed by atoms with Crippen LogP contribution >= 0.6 is 7.75 Å². The highest BCUT2D eigenvalue weighted by atomic mass is 31.2. The number of hydrogen-bond acceptors (Lipinski definition) is 3. The molecule has 2 aliphatic rings. The summed E-state index contributed by atoms with van der Waals surface area (Å²) in [5.41, 5.74) is 0. The Kier molecular flexibility index (Phi) is 11.0. The van der Waals surface area contributed by atoms with E-state index in [0.717, 1.165) is 26.1 Å². The summed E-state index contributed by atoms with van der Waals surface area (Å²) in [6.45, 7) is 7.22. The van der Waals surface area contributed by atoms with Gasteiger partial charge in [0, 0.05) is 39.7 Å². The van der Waals surface area contributed by atoms with Crippen molar-refractivity contribution in [2.24, 2.45) is 4.76 Å². The minimum absolute atomic E-state index is 0.167. The van der Waals surface area contributed by atoms with Gasteiger partial charge in [0.25, 0.3) is 0 Å². The Morgan fingerprint density at radius 1 is 1.10 bits per heavy atom. The molecule has 3 unspecified atom stereocenters. The zero-order chi connectivity index (χ0) is 21.1. The van der Waals surface area contributed by atoms with Gasteiger partial charge in [-0.05, 0) is 13.3 Å². The van der Waals surface area contributed by atoms with Gasteiger partial charge in [-0.25, -0.2) is 4.57 Å². The van der Waals surface area contributed by atoms with Crippen molar-refractivity contribution in [3.63, 3.8) is 0 Å². The maximum Gasteiger partial charge on any atom is 0.454 e. The molecule has 1 N–H and O–H groups in total. The number of rotatable bonds is 14. The van der Waals surface area contributed by atoms with Gasteiger partial charge < -0.3 is 19.4 Å². The fraction of sp³-hybridized carbons (Fsp3) is 0.952. The van der Waals surface area contributed by atoms with Crippen molar-refractivity contribution >= 4 is 13.7 Å². The van der Waals surface area contributed by atoms with Crippen molar-refractivity contribution in [1.82, 2.24) is 9.80 Å². The molecule has 2 fully saturated rings. The summed E-state index contributed by atoms with van der Waals surface area (Å²) in [7, 11) is -2.13. The zero-order valence-electron chi connectivity index (χ0n) is 18.7. The Balaban J connectivity index is 1.69. The first-order chi connectivity index (χ1) is 13.9. The van der Waals surface area contributed by atoms with Crippen LogP contribution in [-0.4, -0.2) is 66.1 Å². The smallest absolute Gasteiger partial charge is 0.376 e. The summed E-state index contributed by atoms with van der Waals surface area (Å²) in [5, 5.41) is 0. The second-order valence-corrected chi connectivity index (χ2v) is 9.88. The molecule has 2 saturated heterocycles. The molecule has 0 radical (unpaired) electrons. The van der Waals surface area contributed by atoms with E-state index < -0.39 is 7.75 Å². The summed E-state index contributed by atoms with van der Waals surface area (Å²) < 4.78 is 27.5. The van der Waals surface area contributed by atoms with Crippen LogP contribution in [0, 0.1) is 0 Å². The summed E-state index contributed by atoms with van der Waals surface area (Å²) in [6, 6.07) is 0. The molecule has 2 aliphatic heterocycles. The van der Waals surface area contributed by atoms with E-state index in [1.165, 1.54) is 57.8 Å². The van der Waals surface area contributed by atoms with Gasteiger partial charge in [-0.1, -0.05) is 64.7 Å². The Bertz CT molecular complexity index is 546. The van der Waals surface area contributed by atoms with E-state index >= 15 is 0 Å². The minimum atomic E-state index is -4.04. The van der Waals surface area contributed by atoms with Crippen molar-refractivity contribution < 1.29 is 18.7 Å². The molecule has 0 saturated carbocycles. The van der Waals surface area contributed by atoms with E-state index in [-0.39, 0.29) is 12.2 Å². The number of likely N-dealkylation sites (N-methyl/N-ethyl adjacent to an activating group) is 1. The van der Waals surface area contributed by atoms with Crippen molar-refractivity contribution in [2.45, 2.75) is 96.7 Å². The average molecular weight is 432 g/mol. The minimum Gasteiger partial charge on any atom is -0.376 e. The van der Waals surface area contributed by atoms with E-state index in [4.69, 9.17) is 9.26 Å². The Labute approximate surface area is 177 Å².